The molecule has 0 amide bonds. The van der Waals surface area contributed by atoms with E-state index in [0.29, 0.717) is 19.3 Å². The van der Waals surface area contributed by atoms with Crippen LogP contribution in [0.4, 0.5) is 0 Å². The number of hydrogen-bond donors (Lipinski definition) is 0. The lowest BCUT2D eigenvalue weighted by Crippen LogP contribution is -2.30. The van der Waals surface area contributed by atoms with Crippen molar-refractivity contribution in [3.8, 4) is 0 Å². The zero-order chi connectivity index (χ0) is 36.9. The fourth-order valence-corrected chi connectivity index (χ4v) is 6.40. The molecule has 50 heavy (non-hydrogen) atoms. The molecule has 0 heterocycles. The van der Waals surface area contributed by atoms with Crippen LogP contribution in [0.1, 0.15) is 234 Å². The first-order valence-corrected chi connectivity index (χ1v) is 21.7. The molecular weight excluding hydrogens is 624 g/mol. The summed E-state index contributed by atoms with van der Waals surface area (Å²) in [5.41, 5.74) is 0. The summed E-state index contributed by atoms with van der Waals surface area (Å²) in [4.78, 5) is 37.5. The van der Waals surface area contributed by atoms with E-state index in [1.165, 1.54) is 122 Å². The summed E-state index contributed by atoms with van der Waals surface area (Å²) in [6.45, 7) is 11.3. The largest absolute Gasteiger partial charge is 0.462 e. The minimum absolute atomic E-state index is 0.0659. The molecule has 0 saturated carbocycles. The Morgan fingerprint density at radius 3 is 0.980 bits per heavy atom. The summed E-state index contributed by atoms with van der Waals surface area (Å²) in [7, 11) is 0. The van der Waals surface area contributed by atoms with Gasteiger partial charge in [0.15, 0.2) is 6.10 Å². The molecule has 6 nitrogen and oxygen atoms in total. The monoisotopic (exact) mass is 709 g/mol. The van der Waals surface area contributed by atoms with Gasteiger partial charge in [0.05, 0.1) is 0 Å². The Kier molecular flexibility index (Phi) is 36.0. The second-order valence-corrected chi connectivity index (χ2v) is 15.9. The van der Waals surface area contributed by atoms with Crippen LogP contribution in [0.15, 0.2) is 0 Å². The van der Waals surface area contributed by atoms with Crippen molar-refractivity contribution in [3.63, 3.8) is 0 Å². The van der Waals surface area contributed by atoms with Gasteiger partial charge >= 0.3 is 17.9 Å². The van der Waals surface area contributed by atoms with E-state index in [0.717, 1.165) is 69.6 Å². The molecule has 0 rings (SSSR count). The van der Waals surface area contributed by atoms with Crippen LogP contribution >= 0.6 is 0 Å². The van der Waals surface area contributed by atoms with E-state index < -0.39 is 6.10 Å². The number of rotatable bonds is 38. The smallest absolute Gasteiger partial charge is 0.306 e. The number of hydrogen-bond acceptors (Lipinski definition) is 6. The predicted molar refractivity (Wildman–Crippen MR) is 210 cm³/mol. The van der Waals surface area contributed by atoms with Crippen molar-refractivity contribution in [2.45, 2.75) is 240 Å². The highest BCUT2D eigenvalue weighted by molar-refractivity contribution is 5.71. The van der Waals surface area contributed by atoms with Gasteiger partial charge < -0.3 is 14.2 Å². The topological polar surface area (TPSA) is 78.9 Å². The fourth-order valence-electron chi connectivity index (χ4n) is 6.40. The van der Waals surface area contributed by atoms with Crippen molar-refractivity contribution < 1.29 is 28.6 Å². The summed E-state index contributed by atoms with van der Waals surface area (Å²) in [6.07, 6.45) is 33.9. The summed E-state index contributed by atoms with van der Waals surface area (Å²) in [5.74, 6) is 0.757. The maximum absolute atomic E-state index is 12.7. The number of carbonyl (C=O) groups is 3. The summed E-state index contributed by atoms with van der Waals surface area (Å²) >= 11 is 0. The average molecular weight is 709 g/mol. The van der Waals surface area contributed by atoms with Crippen LogP contribution in [0, 0.1) is 11.8 Å². The van der Waals surface area contributed by atoms with Crippen molar-refractivity contribution in [1.29, 1.82) is 0 Å². The summed E-state index contributed by atoms with van der Waals surface area (Å²) in [6, 6.07) is 0. The highest BCUT2D eigenvalue weighted by atomic mass is 16.6. The standard InChI is InChI=1S/C44H84O6/c1-6-7-8-9-17-24-29-34-42(45)48-37-41(50-44(47)36-31-26-21-16-12-14-19-23-28-33-40(4)5)38-49-43(46)35-30-25-20-15-11-10-13-18-22-27-32-39(2)3/h39-41H,6-38H2,1-5H3/t41-/m1/s1. The van der Waals surface area contributed by atoms with Gasteiger partial charge in [0, 0.05) is 19.3 Å². The molecule has 0 aliphatic heterocycles. The molecule has 0 N–H and O–H groups in total. The quantitative estimate of drug-likeness (QED) is 0.0361. The van der Waals surface area contributed by atoms with Gasteiger partial charge in [-0.2, -0.15) is 0 Å². The first-order valence-electron chi connectivity index (χ1n) is 21.7. The number of ether oxygens (including phenoxy) is 3. The van der Waals surface area contributed by atoms with Crippen LogP contribution in [-0.4, -0.2) is 37.2 Å². The Bertz CT molecular complexity index is 764. The molecule has 0 saturated heterocycles. The van der Waals surface area contributed by atoms with Gasteiger partial charge in [-0.25, -0.2) is 0 Å². The molecule has 0 aliphatic rings. The SMILES string of the molecule is CCCCCCCCCC(=O)OC[C@H](COC(=O)CCCCCCCCCCCCC(C)C)OC(=O)CCCCCCCCCCCC(C)C. The third-order valence-corrected chi connectivity index (χ3v) is 9.72. The Morgan fingerprint density at radius 1 is 0.380 bits per heavy atom. The molecule has 0 fully saturated rings. The van der Waals surface area contributed by atoms with Crippen LogP contribution in [0.3, 0.4) is 0 Å². The van der Waals surface area contributed by atoms with Crippen molar-refractivity contribution in [2.75, 3.05) is 13.2 Å². The lowest BCUT2D eigenvalue weighted by Gasteiger charge is -2.18. The number of esters is 3. The normalized spacial score (nSPS) is 12.1. The Hall–Kier alpha value is -1.59. The number of unbranched alkanes of at least 4 members (excludes halogenated alkanes) is 23. The molecule has 6 heteroatoms. The third kappa shape index (κ3) is 37.7. The predicted octanol–water partition coefficient (Wildman–Crippen LogP) is 13.4. The van der Waals surface area contributed by atoms with Crippen LogP contribution in [0.5, 0.6) is 0 Å². The second kappa shape index (κ2) is 37.2. The van der Waals surface area contributed by atoms with E-state index in [-0.39, 0.29) is 31.1 Å². The summed E-state index contributed by atoms with van der Waals surface area (Å²) < 4.78 is 16.6. The third-order valence-electron chi connectivity index (χ3n) is 9.72. The molecule has 0 aliphatic carbocycles. The molecule has 0 radical (unpaired) electrons. The minimum atomic E-state index is -0.759. The van der Waals surface area contributed by atoms with Gasteiger partial charge in [-0.05, 0) is 31.1 Å². The highest BCUT2D eigenvalue weighted by Crippen LogP contribution is 2.16. The first kappa shape index (κ1) is 48.4. The van der Waals surface area contributed by atoms with Gasteiger partial charge in [-0.3, -0.25) is 14.4 Å². The first-order chi connectivity index (χ1) is 24.2. The van der Waals surface area contributed by atoms with Gasteiger partial charge in [0.2, 0.25) is 0 Å². The van der Waals surface area contributed by atoms with Crippen LogP contribution < -0.4 is 0 Å². The maximum Gasteiger partial charge on any atom is 0.306 e. The Balaban J connectivity index is 4.29. The Morgan fingerprint density at radius 2 is 0.660 bits per heavy atom. The average Bonchev–Trinajstić information content (AvgIpc) is 3.08. The van der Waals surface area contributed by atoms with E-state index in [9.17, 15) is 14.4 Å². The van der Waals surface area contributed by atoms with E-state index in [2.05, 4.69) is 34.6 Å². The summed E-state index contributed by atoms with van der Waals surface area (Å²) in [5, 5.41) is 0. The second-order valence-electron chi connectivity index (χ2n) is 15.9. The van der Waals surface area contributed by atoms with Gasteiger partial charge in [-0.1, -0.05) is 195 Å². The van der Waals surface area contributed by atoms with Crippen molar-refractivity contribution >= 4 is 17.9 Å². The lowest BCUT2D eigenvalue weighted by atomic mass is 10.0. The minimum Gasteiger partial charge on any atom is -0.462 e. The van der Waals surface area contributed by atoms with Crippen LogP contribution in [-0.2, 0) is 28.6 Å². The van der Waals surface area contributed by atoms with Crippen LogP contribution in [0.25, 0.3) is 0 Å². The van der Waals surface area contributed by atoms with Crippen molar-refractivity contribution in [2.24, 2.45) is 11.8 Å². The van der Waals surface area contributed by atoms with Crippen LogP contribution in [0.2, 0.25) is 0 Å². The van der Waals surface area contributed by atoms with Gasteiger partial charge in [0.1, 0.15) is 13.2 Å². The molecule has 0 aromatic rings. The van der Waals surface area contributed by atoms with E-state index in [4.69, 9.17) is 14.2 Å². The molecule has 0 aromatic carbocycles. The highest BCUT2D eigenvalue weighted by Gasteiger charge is 2.19. The molecule has 1 atom stereocenters. The van der Waals surface area contributed by atoms with E-state index >= 15 is 0 Å². The fraction of sp³-hybridized carbons (Fsp3) is 0.932. The molecule has 0 aromatic heterocycles. The Labute approximate surface area is 310 Å². The van der Waals surface area contributed by atoms with Crippen molar-refractivity contribution in [3.05, 3.63) is 0 Å². The van der Waals surface area contributed by atoms with Crippen molar-refractivity contribution in [1.82, 2.24) is 0 Å². The van der Waals surface area contributed by atoms with Gasteiger partial charge in [-0.15, -0.1) is 0 Å². The maximum atomic E-state index is 12.7. The zero-order valence-electron chi connectivity index (χ0n) is 34.0. The molecule has 296 valence electrons. The van der Waals surface area contributed by atoms with Gasteiger partial charge in [0.25, 0.3) is 0 Å². The molecular formula is C44H84O6. The molecule has 0 spiro atoms. The zero-order valence-corrected chi connectivity index (χ0v) is 34.0. The van der Waals surface area contributed by atoms with E-state index in [1.54, 1.807) is 0 Å². The molecule has 0 bridgehead atoms. The lowest BCUT2D eigenvalue weighted by molar-refractivity contribution is -0.167. The number of carbonyl (C=O) groups excluding carboxylic acids is 3. The molecule has 0 unspecified atom stereocenters. The van der Waals surface area contributed by atoms with E-state index in [1.807, 2.05) is 0 Å².